The van der Waals surface area contributed by atoms with Crippen molar-refractivity contribution in [3.05, 3.63) is 0 Å². The van der Waals surface area contributed by atoms with Gasteiger partial charge in [0.1, 0.15) is 29.9 Å². The Balaban J connectivity index is 1.71. The number of alkyl halides is 1. The SMILES string of the molecule is CSC1OC(C(NC(=O)[C@@H]2CC3CCN2CC3)C(C)Cl)C(O)C(O)C1O. The molecule has 150 valence electrons. The summed E-state index contributed by atoms with van der Waals surface area (Å²) in [6.07, 6.45) is 0.110. The van der Waals surface area contributed by atoms with E-state index in [4.69, 9.17) is 16.3 Å². The fourth-order valence-electron chi connectivity index (χ4n) is 4.32. The van der Waals surface area contributed by atoms with Gasteiger partial charge in [-0.15, -0.1) is 23.4 Å². The van der Waals surface area contributed by atoms with E-state index in [0.29, 0.717) is 5.92 Å². The Kier molecular flexibility index (Phi) is 6.75. The third-order valence-electron chi connectivity index (χ3n) is 5.95. The Labute approximate surface area is 163 Å². The van der Waals surface area contributed by atoms with Crippen molar-refractivity contribution in [2.45, 2.75) is 73.5 Å². The van der Waals surface area contributed by atoms with Crippen molar-refractivity contribution in [3.8, 4) is 0 Å². The number of thioether (sulfide) groups is 1. The number of ether oxygens (including phenoxy) is 1. The molecule has 0 aromatic heterocycles. The number of aliphatic hydroxyl groups excluding tert-OH is 3. The molecule has 0 aromatic rings. The van der Waals surface area contributed by atoms with Crippen molar-refractivity contribution in [1.29, 1.82) is 0 Å². The molecule has 7 unspecified atom stereocenters. The van der Waals surface area contributed by atoms with Gasteiger partial charge in [-0.2, -0.15) is 0 Å². The average molecular weight is 409 g/mol. The van der Waals surface area contributed by atoms with Gasteiger partial charge in [0, 0.05) is 0 Å². The van der Waals surface area contributed by atoms with Crippen LogP contribution in [0.25, 0.3) is 0 Å². The molecule has 7 nitrogen and oxygen atoms in total. The average Bonchev–Trinajstić information content (AvgIpc) is 2.65. The fraction of sp³-hybridized carbons (Fsp3) is 0.941. The largest absolute Gasteiger partial charge is 0.388 e. The number of carbonyl (C=O) groups is 1. The van der Waals surface area contributed by atoms with Crippen molar-refractivity contribution in [3.63, 3.8) is 0 Å². The van der Waals surface area contributed by atoms with E-state index in [-0.39, 0.29) is 11.9 Å². The smallest absolute Gasteiger partial charge is 0.237 e. The number of piperidine rings is 3. The number of hydrogen-bond donors (Lipinski definition) is 4. The lowest BCUT2D eigenvalue weighted by Gasteiger charge is -2.46. The van der Waals surface area contributed by atoms with E-state index < -0.39 is 41.3 Å². The molecular weight excluding hydrogens is 380 g/mol. The van der Waals surface area contributed by atoms with Crippen molar-refractivity contribution < 1.29 is 24.9 Å². The molecule has 4 saturated heterocycles. The van der Waals surface area contributed by atoms with Crippen LogP contribution in [0, 0.1) is 5.92 Å². The van der Waals surface area contributed by atoms with Crippen LogP contribution in [0.1, 0.15) is 26.2 Å². The monoisotopic (exact) mass is 408 g/mol. The number of hydrogen-bond acceptors (Lipinski definition) is 7. The molecule has 4 fully saturated rings. The van der Waals surface area contributed by atoms with Crippen LogP contribution >= 0.6 is 23.4 Å². The Morgan fingerprint density at radius 1 is 1.23 bits per heavy atom. The molecule has 26 heavy (non-hydrogen) atoms. The third-order valence-corrected chi connectivity index (χ3v) is 7.07. The number of fused-ring (bicyclic) bond motifs is 3. The summed E-state index contributed by atoms with van der Waals surface area (Å²) in [5.74, 6) is 0.487. The molecule has 0 aliphatic carbocycles. The summed E-state index contributed by atoms with van der Waals surface area (Å²) < 4.78 is 5.79. The van der Waals surface area contributed by atoms with Crippen molar-refractivity contribution >= 4 is 29.3 Å². The van der Waals surface area contributed by atoms with Crippen LogP contribution in [-0.4, -0.2) is 92.8 Å². The van der Waals surface area contributed by atoms with Gasteiger partial charge in [-0.3, -0.25) is 9.69 Å². The van der Waals surface area contributed by atoms with E-state index >= 15 is 0 Å². The van der Waals surface area contributed by atoms with Gasteiger partial charge in [0.05, 0.1) is 17.5 Å². The maximum Gasteiger partial charge on any atom is 0.237 e. The molecular formula is C17H29ClN2O5S. The number of amides is 1. The highest BCUT2D eigenvalue weighted by Gasteiger charge is 2.48. The minimum atomic E-state index is -1.35. The van der Waals surface area contributed by atoms with Gasteiger partial charge in [-0.1, -0.05) is 0 Å². The van der Waals surface area contributed by atoms with Gasteiger partial charge < -0.3 is 25.4 Å². The van der Waals surface area contributed by atoms with Gasteiger partial charge >= 0.3 is 0 Å². The zero-order valence-corrected chi connectivity index (χ0v) is 16.7. The number of aliphatic hydroxyl groups is 3. The number of nitrogens with zero attached hydrogens (tertiary/aromatic N) is 1. The van der Waals surface area contributed by atoms with Crippen LogP contribution < -0.4 is 5.32 Å². The van der Waals surface area contributed by atoms with Crippen molar-refractivity contribution in [1.82, 2.24) is 10.2 Å². The lowest BCUT2D eigenvalue weighted by Crippen LogP contribution is -2.66. The highest BCUT2D eigenvalue weighted by atomic mass is 35.5. The zero-order valence-electron chi connectivity index (χ0n) is 15.1. The Bertz CT molecular complexity index is 504. The third kappa shape index (κ3) is 4.01. The standard InChI is InChI=1S/C17H29ClN2O5S/c1-8(18)11(15-13(22)12(21)14(23)17(25-15)26-2)19-16(24)10-7-9-3-5-20(10)6-4-9/h8-15,17,21-23H,3-7H2,1-2H3,(H,19,24)/t8?,10-,11?,12?,13?,14?,15?,17?/m0/s1. The van der Waals surface area contributed by atoms with Crippen LogP contribution in [0.15, 0.2) is 0 Å². The molecule has 4 rings (SSSR count). The number of rotatable bonds is 5. The molecule has 4 heterocycles. The van der Waals surface area contributed by atoms with Crippen LogP contribution in [0.4, 0.5) is 0 Å². The van der Waals surface area contributed by atoms with Crippen molar-refractivity contribution in [2.75, 3.05) is 19.3 Å². The highest BCUT2D eigenvalue weighted by Crippen LogP contribution is 2.33. The summed E-state index contributed by atoms with van der Waals surface area (Å²) in [4.78, 5) is 15.1. The number of nitrogens with one attached hydrogen (secondary N) is 1. The Morgan fingerprint density at radius 3 is 2.38 bits per heavy atom. The van der Waals surface area contributed by atoms with Gasteiger partial charge in [-0.25, -0.2) is 0 Å². The van der Waals surface area contributed by atoms with Crippen LogP contribution in [0.3, 0.4) is 0 Å². The van der Waals surface area contributed by atoms with Crippen molar-refractivity contribution in [2.24, 2.45) is 5.92 Å². The maximum absolute atomic E-state index is 12.9. The first-order valence-corrected chi connectivity index (χ1v) is 11.0. The summed E-state index contributed by atoms with van der Waals surface area (Å²) in [6, 6.07) is -0.842. The van der Waals surface area contributed by atoms with E-state index in [2.05, 4.69) is 10.2 Å². The number of carbonyl (C=O) groups excluding carboxylic acids is 1. The fourth-order valence-corrected chi connectivity index (χ4v) is 5.21. The second-order valence-electron chi connectivity index (χ2n) is 7.62. The normalized spacial score (nSPS) is 45.2. The topological polar surface area (TPSA) is 102 Å². The molecule has 0 saturated carbocycles. The van der Waals surface area contributed by atoms with Crippen LogP contribution in [-0.2, 0) is 9.53 Å². The van der Waals surface area contributed by atoms with E-state index in [1.807, 2.05) is 0 Å². The molecule has 9 heteroatoms. The molecule has 0 radical (unpaired) electrons. The lowest BCUT2D eigenvalue weighted by molar-refractivity contribution is -0.205. The minimum Gasteiger partial charge on any atom is -0.388 e. The first kappa shape index (κ1) is 20.6. The highest BCUT2D eigenvalue weighted by molar-refractivity contribution is 7.99. The predicted molar refractivity (Wildman–Crippen MR) is 100 cm³/mol. The molecule has 4 aliphatic rings. The minimum absolute atomic E-state index is 0.107. The quantitative estimate of drug-likeness (QED) is 0.465. The summed E-state index contributed by atoms with van der Waals surface area (Å²) in [7, 11) is 0. The van der Waals surface area contributed by atoms with Crippen LogP contribution in [0.2, 0.25) is 0 Å². The molecule has 8 atom stereocenters. The van der Waals surface area contributed by atoms with Gasteiger partial charge in [0.2, 0.25) is 5.91 Å². The summed E-state index contributed by atoms with van der Waals surface area (Å²) in [6.45, 7) is 3.60. The summed E-state index contributed by atoms with van der Waals surface area (Å²) >= 11 is 7.55. The molecule has 0 spiro atoms. The Hall–Kier alpha value is -0.0900. The molecule has 4 N–H and O–H groups in total. The van der Waals surface area contributed by atoms with E-state index in [1.165, 1.54) is 11.8 Å². The Morgan fingerprint density at radius 2 is 1.88 bits per heavy atom. The second-order valence-corrected chi connectivity index (χ2v) is 9.24. The lowest BCUT2D eigenvalue weighted by atomic mass is 9.83. The first-order valence-electron chi connectivity index (χ1n) is 9.24. The molecule has 1 amide bonds. The van der Waals surface area contributed by atoms with Gasteiger partial charge in [0.25, 0.3) is 0 Å². The van der Waals surface area contributed by atoms with E-state index in [1.54, 1.807) is 13.2 Å². The molecule has 0 aromatic carbocycles. The summed E-state index contributed by atoms with van der Waals surface area (Å²) in [5, 5.41) is 33.0. The van der Waals surface area contributed by atoms with E-state index in [0.717, 1.165) is 32.4 Å². The zero-order chi connectivity index (χ0) is 19.0. The second kappa shape index (κ2) is 8.51. The van der Waals surface area contributed by atoms with Gasteiger partial charge in [0.15, 0.2) is 0 Å². The van der Waals surface area contributed by atoms with Gasteiger partial charge in [-0.05, 0) is 51.4 Å². The van der Waals surface area contributed by atoms with E-state index in [9.17, 15) is 20.1 Å². The summed E-state index contributed by atoms with van der Waals surface area (Å²) in [5.41, 5.74) is -0.692. The maximum atomic E-state index is 12.9. The predicted octanol–water partition coefficient (Wildman–Crippen LogP) is -0.247. The molecule has 2 bridgehead atoms. The number of halogens is 1. The molecule has 4 aliphatic heterocycles. The van der Waals surface area contributed by atoms with Crippen LogP contribution in [0.5, 0.6) is 0 Å². The first-order chi connectivity index (χ1) is 12.3.